The molecule has 0 N–H and O–H groups in total. The fourth-order valence-corrected chi connectivity index (χ4v) is 3.02. The Morgan fingerprint density at radius 2 is 0.857 bits per heavy atom. The van der Waals surface area contributed by atoms with Crippen LogP contribution < -0.4 is 51.4 Å². The van der Waals surface area contributed by atoms with E-state index in [4.69, 9.17) is 0 Å². The minimum Gasteiger partial charge on any atom is -0.745 e. The molecule has 1 aliphatic rings. The zero-order valence-corrected chi connectivity index (χ0v) is 16.2. The first-order valence-electron chi connectivity index (χ1n) is 5.54. The van der Waals surface area contributed by atoms with E-state index in [1.54, 1.807) is 0 Å². The van der Waals surface area contributed by atoms with Crippen molar-refractivity contribution < 1.29 is 130 Å². The Balaban J connectivity index is 0.00000729. The van der Waals surface area contributed by atoms with E-state index in [0.717, 1.165) is 0 Å². The third-order valence-corrected chi connectivity index (χ3v) is 4.80. The molecule has 1 aliphatic carbocycles. The van der Waals surface area contributed by atoms with Crippen molar-refractivity contribution in [3.05, 3.63) is 0 Å². The summed E-state index contributed by atoms with van der Waals surface area (Å²) in [5.74, 6) is -42.1. The van der Waals surface area contributed by atoms with E-state index in [0.29, 0.717) is 0 Å². The molecule has 0 aliphatic heterocycles. The molecule has 0 bridgehead atoms. The SMILES string of the molecule is O=S(=O)([O-])C1(F)C(F)(F)C(F)(F)C(F)(C(F)(F)C(F)(F)F)C(F)(F)C1(F)F.[K+]. The van der Waals surface area contributed by atoms with E-state index in [1.165, 1.54) is 0 Å². The molecule has 162 valence electrons. The van der Waals surface area contributed by atoms with Crippen LogP contribution in [-0.4, -0.2) is 59.4 Å². The summed E-state index contributed by atoms with van der Waals surface area (Å²) in [5.41, 5.74) is -8.63. The van der Waals surface area contributed by atoms with Crippen LogP contribution in [-0.2, 0) is 10.1 Å². The Labute approximate surface area is 185 Å². The standard InChI is InChI=1S/C8HF15O3S.K/c9-1(4(14,15)8(21,22)23)2(10,11)5(16,17)7(20,27(24,25)26)6(18,19)3(1,12)13;/h(H,24,25,26);/q;+1/p-1. The molecule has 0 aromatic heterocycles. The molecule has 1 saturated carbocycles. The molecule has 0 atom stereocenters. The van der Waals surface area contributed by atoms with E-state index in [1.807, 2.05) is 0 Å². The van der Waals surface area contributed by atoms with Gasteiger partial charge in [0.2, 0.25) is 0 Å². The summed E-state index contributed by atoms with van der Waals surface area (Å²) in [5, 5.41) is -8.02. The molecule has 20 heteroatoms. The van der Waals surface area contributed by atoms with E-state index < -0.39 is 56.6 Å². The third kappa shape index (κ3) is 2.59. The van der Waals surface area contributed by atoms with Gasteiger partial charge in [-0.2, -0.15) is 57.1 Å². The van der Waals surface area contributed by atoms with Gasteiger partial charge in [0.25, 0.3) is 0 Å². The summed E-state index contributed by atoms with van der Waals surface area (Å²) in [6, 6.07) is 0. The van der Waals surface area contributed by atoms with Crippen LogP contribution in [0.5, 0.6) is 0 Å². The van der Waals surface area contributed by atoms with Crippen LogP contribution in [0.15, 0.2) is 0 Å². The first-order valence-corrected chi connectivity index (χ1v) is 6.95. The molecule has 0 heterocycles. The van der Waals surface area contributed by atoms with Gasteiger partial charge in [0, 0.05) is 0 Å². The van der Waals surface area contributed by atoms with Gasteiger partial charge in [-0.15, -0.1) is 0 Å². The number of alkyl halides is 15. The molecule has 0 spiro atoms. The molecule has 1 fully saturated rings. The maximum absolute atomic E-state index is 13.7. The van der Waals surface area contributed by atoms with Crippen LogP contribution in [0.4, 0.5) is 65.9 Å². The molecule has 1 rings (SSSR count). The van der Waals surface area contributed by atoms with Gasteiger partial charge in [-0.25, -0.2) is 17.2 Å². The van der Waals surface area contributed by atoms with Crippen molar-refractivity contribution in [2.75, 3.05) is 0 Å². The summed E-state index contributed by atoms with van der Waals surface area (Å²) in [7, 11) is -8.38. The molecule has 0 radical (unpaired) electrons. The van der Waals surface area contributed by atoms with E-state index in [2.05, 4.69) is 0 Å². The fraction of sp³-hybridized carbons (Fsp3) is 1.00. The fourth-order valence-electron chi connectivity index (χ4n) is 2.13. The first-order chi connectivity index (χ1) is 11.2. The monoisotopic (exact) mass is 500 g/mol. The molecular weight excluding hydrogens is 500 g/mol. The summed E-state index contributed by atoms with van der Waals surface area (Å²) in [6.45, 7) is 0. The summed E-state index contributed by atoms with van der Waals surface area (Å²) < 4.78 is 227. The van der Waals surface area contributed by atoms with Crippen LogP contribution in [0.25, 0.3) is 0 Å². The van der Waals surface area contributed by atoms with Crippen molar-refractivity contribution in [1.29, 1.82) is 0 Å². The normalized spacial score (nSPS) is 34.4. The van der Waals surface area contributed by atoms with Crippen molar-refractivity contribution in [3.63, 3.8) is 0 Å². The molecule has 0 saturated heterocycles. The van der Waals surface area contributed by atoms with Crippen LogP contribution in [0.1, 0.15) is 0 Å². The van der Waals surface area contributed by atoms with Gasteiger partial charge in [0.05, 0.1) is 0 Å². The Bertz CT molecular complexity index is 713. The number of rotatable bonds is 2. The Hall–Kier alpha value is 0.496. The average molecular weight is 500 g/mol. The maximum atomic E-state index is 13.7. The molecule has 0 amide bonds. The second-order valence-electron chi connectivity index (χ2n) is 5.08. The van der Waals surface area contributed by atoms with E-state index >= 15 is 0 Å². The van der Waals surface area contributed by atoms with Gasteiger partial charge >= 0.3 is 97.8 Å². The zero-order valence-electron chi connectivity index (χ0n) is 12.3. The smallest absolute Gasteiger partial charge is 0.745 e. The number of halogens is 15. The first kappa shape index (κ1) is 28.5. The largest absolute Gasteiger partial charge is 1.00 e. The molecule has 0 unspecified atom stereocenters. The second kappa shape index (κ2) is 6.50. The molecule has 28 heavy (non-hydrogen) atoms. The Morgan fingerprint density at radius 1 is 0.607 bits per heavy atom. The van der Waals surface area contributed by atoms with Crippen LogP contribution >= 0.6 is 0 Å². The zero-order chi connectivity index (χ0) is 22.5. The van der Waals surface area contributed by atoms with Gasteiger partial charge in [0.1, 0.15) is 10.1 Å². The predicted molar refractivity (Wildman–Crippen MR) is 48.2 cm³/mol. The molecule has 0 aromatic carbocycles. The van der Waals surface area contributed by atoms with Gasteiger partial charge in [-0.05, 0) is 0 Å². The third-order valence-electron chi connectivity index (χ3n) is 3.59. The summed E-state index contributed by atoms with van der Waals surface area (Å²) in [6.07, 6.45) is -7.96. The Kier molecular flexibility index (Phi) is 6.62. The molecule has 0 aromatic rings. The van der Waals surface area contributed by atoms with Crippen LogP contribution in [0.2, 0.25) is 0 Å². The van der Waals surface area contributed by atoms with Gasteiger partial charge < -0.3 is 4.55 Å². The van der Waals surface area contributed by atoms with Crippen LogP contribution in [0.3, 0.4) is 0 Å². The molecular formula is C8F15KO3S. The van der Waals surface area contributed by atoms with Crippen LogP contribution in [0, 0.1) is 0 Å². The molecule has 3 nitrogen and oxygen atoms in total. The second-order valence-corrected chi connectivity index (χ2v) is 6.55. The van der Waals surface area contributed by atoms with Gasteiger partial charge in [0.15, 0.2) is 0 Å². The van der Waals surface area contributed by atoms with E-state index in [-0.39, 0.29) is 51.4 Å². The minimum atomic E-state index is -8.63. The van der Waals surface area contributed by atoms with Crippen molar-refractivity contribution in [1.82, 2.24) is 0 Å². The van der Waals surface area contributed by atoms with E-state index in [9.17, 15) is 78.8 Å². The van der Waals surface area contributed by atoms with Crippen molar-refractivity contribution in [2.45, 2.75) is 46.5 Å². The Morgan fingerprint density at radius 3 is 1.04 bits per heavy atom. The average Bonchev–Trinajstić information content (AvgIpc) is 2.40. The predicted octanol–water partition coefficient (Wildman–Crippen LogP) is 0.662. The number of hydrogen-bond donors (Lipinski definition) is 0. The van der Waals surface area contributed by atoms with Crippen molar-refractivity contribution >= 4 is 10.1 Å². The van der Waals surface area contributed by atoms with Crippen molar-refractivity contribution in [3.8, 4) is 0 Å². The summed E-state index contributed by atoms with van der Waals surface area (Å²) >= 11 is 0. The topological polar surface area (TPSA) is 57.2 Å². The van der Waals surface area contributed by atoms with Gasteiger partial charge in [-0.1, -0.05) is 0 Å². The minimum absolute atomic E-state index is 0. The number of hydrogen-bond acceptors (Lipinski definition) is 3. The summed E-state index contributed by atoms with van der Waals surface area (Å²) in [4.78, 5) is 0. The van der Waals surface area contributed by atoms with Crippen molar-refractivity contribution in [2.24, 2.45) is 0 Å². The quantitative estimate of drug-likeness (QED) is 0.318. The maximum Gasteiger partial charge on any atom is 1.00 e. The van der Waals surface area contributed by atoms with Gasteiger partial charge in [-0.3, -0.25) is 0 Å².